The summed E-state index contributed by atoms with van der Waals surface area (Å²) in [6, 6.07) is 2.48. The van der Waals surface area contributed by atoms with E-state index in [-0.39, 0.29) is 16.7 Å². The lowest BCUT2D eigenvalue weighted by Gasteiger charge is -2.40. The molecule has 1 fully saturated rings. The SMILES string of the molecule is O=c1cc(C(F)(F)F)c2ccc(N[C@H]3C(O)[C@H](O)C(CO)O[C@H]3O)cc2o1. The third kappa shape index (κ3) is 3.77. The molecule has 148 valence electrons. The second-order valence-corrected chi connectivity index (χ2v) is 6.09. The minimum Gasteiger partial charge on any atom is -0.423 e. The molecule has 2 unspecified atom stereocenters. The van der Waals surface area contributed by atoms with Crippen LogP contribution in [-0.4, -0.2) is 57.7 Å². The number of halogens is 3. The van der Waals surface area contributed by atoms with E-state index in [1.165, 1.54) is 6.07 Å². The molecular weight excluding hydrogens is 375 g/mol. The molecule has 1 saturated heterocycles. The van der Waals surface area contributed by atoms with Crippen LogP contribution in [0.2, 0.25) is 0 Å². The van der Waals surface area contributed by atoms with Crippen molar-refractivity contribution in [1.29, 1.82) is 0 Å². The molecule has 0 spiro atoms. The Labute approximate surface area is 149 Å². The number of aliphatic hydroxyl groups excluding tert-OH is 4. The largest absolute Gasteiger partial charge is 0.423 e. The number of hydrogen-bond acceptors (Lipinski definition) is 8. The Bertz CT molecular complexity index is 884. The Balaban J connectivity index is 1.93. The summed E-state index contributed by atoms with van der Waals surface area (Å²) >= 11 is 0. The zero-order chi connectivity index (χ0) is 19.9. The molecule has 1 aromatic carbocycles. The summed E-state index contributed by atoms with van der Waals surface area (Å²) in [6.07, 6.45) is -10.6. The second-order valence-electron chi connectivity index (χ2n) is 6.09. The molecule has 5 atom stereocenters. The van der Waals surface area contributed by atoms with E-state index in [9.17, 15) is 33.3 Å². The summed E-state index contributed by atoms with van der Waals surface area (Å²) in [5.74, 6) is 0. The molecule has 0 bridgehead atoms. The lowest BCUT2D eigenvalue weighted by atomic mass is 9.96. The van der Waals surface area contributed by atoms with Crippen LogP contribution < -0.4 is 10.9 Å². The van der Waals surface area contributed by atoms with Crippen LogP contribution in [0.4, 0.5) is 18.9 Å². The van der Waals surface area contributed by atoms with Gasteiger partial charge in [-0.2, -0.15) is 13.2 Å². The molecule has 5 N–H and O–H groups in total. The second kappa shape index (κ2) is 7.09. The van der Waals surface area contributed by atoms with E-state index in [0.29, 0.717) is 6.07 Å². The maximum atomic E-state index is 13.1. The van der Waals surface area contributed by atoms with Gasteiger partial charge in [0.05, 0.1) is 12.2 Å². The molecular formula is C16H16F3NO7. The first-order valence-corrected chi connectivity index (χ1v) is 7.84. The number of ether oxygens (including phenoxy) is 1. The molecule has 0 radical (unpaired) electrons. The highest BCUT2D eigenvalue weighted by molar-refractivity contribution is 5.84. The lowest BCUT2D eigenvalue weighted by Crippen LogP contribution is -2.61. The van der Waals surface area contributed by atoms with Gasteiger partial charge in [-0.15, -0.1) is 0 Å². The van der Waals surface area contributed by atoms with Gasteiger partial charge in [0.1, 0.15) is 29.9 Å². The van der Waals surface area contributed by atoms with Crippen molar-refractivity contribution in [3.05, 3.63) is 40.2 Å². The zero-order valence-electron chi connectivity index (χ0n) is 13.6. The first kappa shape index (κ1) is 19.6. The van der Waals surface area contributed by atoms with Gasteiger partial charge in [-0.05, 0) is 12.1 Å². The molecule has 27 heavy (non-hydrogen) atoms. The smallest absolute Gasteiger partial charge is 0.417 e. The number of rotatable bonds is 3. The highest BCUT2D eigenvalue weighted by atomic mass is 19.4. The molecule has 0 saturated carbocycles. The number of nitrogens with one attached hydrogen (secondary N) is 1. The zero-order valence-corrected chi connectivity index (χ0v) is 13.6. The Hall–Kier alpha value is -2.18. The third-order valence-electron chi connectivity index (χ3n) is 4.28. The summed E-state index contributed by atoms with van der Waals surface area (Å²) in [5.41, 5.74) is -2.59. The van der Waals surface area contributed by atoms with Crippen molar-refractivity contribution in [1.82, 2.24) is 0 Å². The van der Waals surface area contributed by atoms with E-state index < -0.39 is 54.6 Å². The van der Waals surface area contributed by atoms with Gasteiger partial charge >= 0.3 is 11.8 Å². The van der Waals surface area contributed by atoms with E-state index in [2.05, 4.69) is 5.32 Å². The van der Waals surface area contributed by atoms with E-state index in [1.807, 2.05) is 0 Å². The summed E-state index contributed by atoms with van der Waals surface area (Å²) in [4.78, 5) is 11.4. The maximum absolute atomic E-state index is 13.1. The van der Waals surface area contributed by atoms with Gasteiger partial charge in [-0.3, -0.25) is 0 Å². The van der Waals surface area contributed by atoms with Gasteiger partial charge in [-0.1, -0.05) is 0 Å². The monoisotopic (exact) mass is 391 g/mol. The molecule has 1 aliphatic heterocycles. The highest BCUT2D eigenvalue weighted by Crippen LogP contribution is 2.35. The average Bonchev–Trinajstić information content (AvgIpc) is 2.60. The van der Waals surface area contributed by atoms with Crippen LogP contribution in [-0.2, 0) is 10.9 Å². The summed E-state index contributed by atoms with van der Waals surface area (Å²) < 4.78 is 49.0. The van der Waals surface area contributed by atoms with Gasteiger partial charge in [0.15, 0.2) is 6.29 Å². The normalized spacial score (nSPS) is 29.1. The van der Waals surface area contributed by atoms with Crippen molar-refractivity contribution in [3.63, 3.8) is 0 Å². The lowest BCUT2D eigenvalue weighted by molar-refractivity contribution is -0.245. The highest BCUT2D eigenvalue weighted by Gasteiger charge is 2.43. The van der Waals surface area contributed by atoms with Gasteiger partial charge in [-0.25, -0.2) is 4.79 Å². The van der Waals surface area contributed by atoms with E-state index in [1.54, 1.807) is 0 Å². The summed E-state index contributed by atoms with van der Waals surface area (Å²) in [5, 5.41) is 41.2. The first-order valence-electron chi connectivity index (χ1n) is 7.84. The molecule has 0 aliphatic carbocycles. The van der Waals surface area contributed by atoms with Crippen molar-refractivity contribution in [2.45, 2.75) is 36.8 Å². The summed E-state index contributed by atoms with van der Waals surface area (Å²) in [6.45, 7) is -0.636. The fourth-order valence-corrected chi connectivity index (χ4v) is 2.93. The predicted octanol–water partition coefficient (Wildman–Crippen LogP) is 0.0236. The van der Waals surface area contributed by atoms with Crippen LogP contribution >= 0.6 is 0 Å². The number of benzene rings is 1. The Morgan fingerprint density at radius 3 is 2.44 bits per heavy atom. The van der Waals surface area contributed by atoms with Crippen LogP contribution in [0.15, 0.2) is 33.5 Å². The van der Waals surface area contributed by atoms with E-state index in [0.717, 1.165) is 12.1 Å². The van der Waals surface area contributed by atoms with E-state index in [4.69, 9.17) is 14.3 Å². The summed E-state index contributed by atoms with van der Waals surface area (Å²) in [7, 11) is 0. The van der Waals surface area contributed by atoms with Crippen LogP contribution in [0, 0.1) is 0 Å². The molecule has 2 heterocycles. The quantitative estimate of drug-likeness (QED) is 0.463. The average molecular weight is 391 g/mol. The Morgan fingerprint density at radius 2 is 1.81 bits per heavy atom. The number of anilines is 1. The third-order valence-corrected chi connectivity index (χ3v) is 4.28. The number of fused-ring (bicyclic) bond motifs is 1. The molecule has 1 aliphatic rings. The van der Waals surface area contributed by atoms with Crippen molar-refractivity contribution in [2.75, 3.05) is 11.9 Å². The van der Waals surface area contributed by atoms with Gasteiger partial charge in [0.25, 0.3) is 0 Å². The minimum absolute atomic E-state index is 0.103. The molecule has 1 aromatic heterocycles. The van der Waals surface area contributed by atoms with Crippen LogP contribution in [0.1, 0.15) is 5.56 Å². The van der Waals surface area contributed by atoms with E-state index >= 15 is 0 Å². The fourth-order valence-electron chi connectivity index (χ4n) is 2.93. The van der Waals surface area contributed by atoms with Crippen molar-refractivity contribution in [3.8, 4) is 0 Å². The van der Waals surface area contributed by atoms with Gasteiger partial charge < -0.3 is 34.9 Å². The van der Waals surface area contributed by atoms with Gasteiger partial charge in [0.2, 0.25) is 0 Å². The van der Waals surface area contributed by atoms with Crippen molar-refractivity contribution in [2.24, 2.45) is 0 Å². The van der Waals surface area contributed by atoms with Crippen molar-refractivity contribution < 1.29 is 42.8 Å². The number of hydrogen-bond donors (Lipinski definition) is 5. The fraction of sp³-hybridized carbons (Fsp3) is 0.438. The van der Waals surface area contributed by atoms with Crippen LogP contribution in [0.5, 0.6) is 0 Å². The Morgan fingerprint density at radius 1 is 1.11 bits per heavy atom. The van der Waals surface area contributed by atoms with Crippen LogP contribution in [0.25, 0.3) is 11.0 Å². The first-order chi connectivity index (χ1) is 12.6. The van der Waals surface area contributed by atoms with Gasteiger partial charge in [0, 0.05) is 23.2 Å². The topological polar surface area (TPSA) is 132 Å². The molecule has 0 amide bonds. The maximum Gasteiger partial charge on any atom is 0.417 e. The van der Waals surface area contributed by atoms with Crippen molar-refractivity contribution >= 4 is 16.7 Å². The standard InChI is InChI=1S/C16H16F3NO7/c17-16(18,19)8-4-11(22)26-9-3-6(1-2-7(8)9)20-12-14(24)13(23)10(5-21)27-15(12)25/h1-4,10,12-15,20-21,23-25H,5H2/t10?,12-,13+,14?,15+/m0/s1. The molecule has 2 aromatic rings. The predicted molar refractivity (Wildman–Crippen MR) is 84.9 cm³/mol. The molecule has 3 rings (SSSR count). The number of aliphatic hydroxyl groups is 4. The number of alkyl halides is 3. The Kier molecular flexibility index (Phi) is 5.14. The molecule has 11 heteroatoms. The molecule has 8 nitrogen and oxygen atoms in total. The van der Waals surface area contributed by atoms with Crippen LogP contribution in [0.3, 0.4) is 0 Å². The minimum atomic E-state index is -4.75.